The molecule has 0 spiro atoms. The smallest absolute Gasteiger partial charge is 0.234 e. The summed E-state index contributed by atoms with van der Waals surface area (Å²) in [5.41, 5.74) is 3.41. The number of benzene rings is 2. The number of amides is 1. The lowest BCUT2D eigenvalue weighted by molar-refractivity contribution is -0.113. The first-order chi connectivity index (χ1) is 14.9. The Labute approximate surface area is 185 Å². The van der Waals surface area contributed by atoms with Crippen molar-refractivity contribution in [1.82, 2.24) is 14.8 Å². The number of halogens is 1. The number of ether oxygens (including phenoxy) is 1. The number of rotatable bonds is 9. The predicted octanol–water partition coefficient (Wildman–Crippen LogP) is 4.84. The largest absolute Gasteiger partial charge is 0.485 e. The van der Waals surface area contributed by atoms with Crippen molar-refractivity contribution in [2.45, 2.75) is 39.1 Å². The Morgan fingerprint density at radius 2 is 2.00 bits per heavy atom. The number of allylic oxidation sites excluding steroid dienone is 1. The van der Waals surface area contributed by atoms with Crippen LogP contribution in [0.3, 0.4) is 0 Å². The zero-order chi connectivity index (χ0) is 22.4. The van der Waals surface area contributed by atoms with Crippen molar-refractivity contribution in [1.29, 1.82) is 0 Å². The third-order valence-corrected chi connectivity index (χ3v) is 5.57. The lowest BCUT2D eigenvalue weighted by Gasteiger charge is -2.11. The molecule has 0 aliphatic carbocycles. The van der Waals surface area contributed by atoms with Gasteiger partial charge in [0.15, 0.2) is 11.0 Å². The highest BCUT2D eigenvalue weighted by atomic mass is 32.2. The van der Waals surface area contributed by atoms with E-state index in [9.17, 15) is 9.18 Å². The third-order valence-electron chi connectivity index (χ3n) is 4.60. The van der Waals surface area contributed by atoms with Gasteiger partial charge < -0.3 is 10.1 Å². The Hall–Kier alpha value is -3.13. The van der Waals surface area contributed by atoms with Crippen LogP contribution in [0.4, 0.5) is 10.1 Å². The first kappa shape index (κ1) is 22.6. The van der Waals surface area contributed by atoms with Crippen LogP contribution >= 0.6 is 11.8 Å². The van der Waals surface area contributed by atoms with Crippen LogP contribution in [-0.4, -0.2) is 26.4 Å². The minimum absolute atomic E-state index is 0.143. The van der Waals surface area contributed by atoms with Gasteiger partial charge >= 0.3 is 0 Å². The van der Waals surface area contributed by atoms with Crippen LogP contribution in [0.1, 0.15) is 22.5 Å². The molecule has 0 bridgehead atoms. The molecule has 0 aliphatic rings. The summed E-state index contributed by atoms with van der Waals surface area (Å²) < 4.78 is 21.1. The number of nitrogens with one attached hydrogen (secondary N) is 1. The van der Waals surface area contributed by atoms with E-state index in [-0.39, 0.29) is 24.1 Å². The molecular formula is C23H25FN4O2S. The predicted molar refractivity (Wildman–Crippen MR) is 121 cm³/mol. The molecule has 0 atom stereocenters. The zero-order valence-corrected chi connectivity index (χ0v) is 18.6. The van der Waals surface area contributed by atoms with Crippen molar-refractivity contribution >= 4 is 23.4 Å². The molecule has 8 heteroatoms. The molecule has 31 heavy (non-hydrogen) atoms. The average molecular weight is 441 g/mol. The van der Waals surface area contributed by atoms with Crippen molar-refractivity contribution in [3.63, 3.8) is 0 Å². The second kappa shape index (κ2) is 10.3. The summed E-state index contributed by atoms with van der Waals surface area (Å²) in [7, 11) is 0. The highest BCUT2D eigenvalue weighted by Gasteiger charge is 2.15. The average Bonchev–Trinajstić information content (AvgIpc) is 3.11. The lowest BCUT2D eigenvalue weighted by Crippen LogP contribution is -2.15. The van der Waals surface area contributed by atoms with Crippen LogP contribution in [-0.2, 0) is 17.9 Å². The van der Waals surface area contributed by atoms with E-state index in [1.807, 2.05) is 36.6 Å². The Bertz CT molecular complexity index is 1100. The molecule has 3 aromatic rings. The third kappa shape index (κ3) is 5.95. The molecule has 3 rings (SSSR count). The van der Waals surface area contributed by atoms with Gasteiger partial charge in [0.25, 0.3) is 0 Å². The maximum absolute atomic E-state index is 13.2. The van der Waals surface area contributed by atoms with Gasteiger partial charge in [0.05, 0.1) is 5.75 Å². The molecule has 2 aromatic carbocycles. The van der Waals surface area contributed by atoms with E-state index >= 15 is 0 Å². The van der Waals surface area contributed by atoms with Gasteiger partial charge in [0, 0.05) is 12.2 Å². The maximum Gasteiger partial charge on any atom is 0.234 e. The fraction of sp³-hybridized carbons (Fsp3) is 0.261. The molecule has 1 N–H and O–H groups in total. The standard InChI is InChI=1S/C23H25FN4O2S/c1-5-10-28-21(13-30-20-11-15(2)6-7-16(20)3)26-27-23(28)31-14-22(29)25-19-9-8-18(24)12-17(19)4/h5-9,11-12H,1,10,13-14H2,2-4H3,(H,25,29). The molecule has 0 aliphatic heterocycles. The van der Waals surface area contributed by atoms with Gasteiger partial charge in [0.2, 0.25) is 5.91 Å². The normalized spacial score (nSPS) is 10.7. The number of aromatic nitrogens is 3. The van der Waals surface area contributed by atoms with Gasteiger partial charge in [0.1, 0.15) is 18.2 Å². The SMILES string of the molecule is C=CCn1c(COc2cc(C)ccc2C)nnc1SCC(=O)Nc1ccc(F)cc1C. The van der Waals surface area contributed by atoms with Crippen molar-refractivity contribution in [3.05, 3.63) is 77.4 Å². The minimum atomic E-state index is -0.335. The van der Waals surface area contributed by atoms with Crippen LogP contribution in [0.25, 0.3) is 0 Å². The molecule has 0 fully saturated rings. The Morgan fingerprint density at radius 1 is 1.19 bits per heavy atom. The number of anilines is 1. The first-order valence-corrected chi connectivity index (χ1v) is 10.8. The summed E-state index contributed by atoms with van der Waals surface area (Å²) in [6, 6.07) is 10.3. The van der Waals surface area contributed by atoms with E-state index in [1.165, 1.54) is 23.9 Å². The first-order valence-electron chi connectivity index (χ1n) is 9.79. The molecule has 6 nitrogen and oxygen atoms in total. The van der Waals surface area contributed by atoms with Gasteiger partial charge in [-0.15, -0.1) is 16.8 Å². The quantitative estimate of drug-likeness (QED) is 0.381. The molecule has 1 aromatic heterocycles. The topological polar surface area (TPSA) is 69.0 Å². The van der Waals surface area contributed by atoms with Crippen molar-refractivity contribution in [3.8, 4) is 5.75 Å². The summed E-state index contributed by atoms with van der Waals surface area (Å²) in [6.07, 6.45) is 1.75. The van der Waals surface area contributed by atoms with Crippen LogP contribution in [0, 0.1) is 26.6 Å². The molecule has 1 amide bonds. The number of thioether (sulfide) groups is 1. The lowest BCUT2D eigenvalue weighted by atomic mass is 10.1. The van der Waals surface area contributed by atoms with E-state index in [0.717, 1.165) is 16.9 Å². The number of nitrogens with zero attached hydrogens (tertiary/aromatic N) is 3. The molecule has 0 radical (unpaired) electrons. The van der Waals surface area contributed by atoms with Gasteiger partial charge in [-0.2, -0.15) is 0 Å². The molecule has 0 unspecified atom stereocenters. The number of aryl methyl sites for hydroxylation is 3. The fourth-order valence-electron chi connectivity index (χ4n) is 2.93. The van der Waals surface area contributed by atoms with E-state index in [0.29, 0.717) is 28.8 Å². The Morgan fingerprint density at radius 3 is 2.74 bits per heavy atom. The van der Waals surface area contributed by atoms with Gasteiger partial charge in [-0.1, -0.05) is 30.0 Å². The van der Waals surface area contributed by atoms with Crippen LogP contribution in [0.5, 0.6) is 5.75 Å². The second-order valence-electron chi connectivity index (χ2n) is 7.15. The number of hydrogen-bond acceptors (Lipinski definition) is 5. The zero-order valence-electron chi connectivity index (χ0n) is 17.8. The van der Waals surface area contributed by atoms with E-state index in [4.69, 9.17) is 4.74 Å². The van der Waals surface area contributed by atoms with Crippen LogP contribution in [0.15, 0.2) is 54.2 Å². The summed E-state index contributed by atoms with van der Waals surface area (Å²) >= 11 is 1.27. The van der Waals surface area contributed by atoms with Crippen LogP contribution in [0.2, 0.25) is 0 Å². The van der Waals surface area contributed by atoms with Gasteiger partial charge in [-0.25, -0.2) is 4.39 Å². The molecule has 0 saturated heterocycles. The molecular weight excluding hydrogens is 415 g/mol. The van der Waals surface area contributed by atoms with Gasteiger partial charge in [-0.05, 0) is 61.7 Å². The highest BCUT2D eigenvalue weighted by molar-refractivity contribution is 7.99. The Kier molecular flexibility index (Phi) is 7.46. The number of carbonyl (C=O) groups is 1. The van der Waals surface area contributed by atoms with E-state index in [1.54, 1.807) is 19.1 Å². The molecule has 162 valence electrons. The summed E-state index contributed by atoms with van der Waals surface area (Å²) in [4.78, 5) is 12.4. The Balaban J connectivity index is 1.64. The molecule has 0 saturated carbocycles. The summed E-state index contributed by atoms with van der Waals surface area (Å²) in [5, 5.41) is 11.8. The van der Waals surface area contributed by atoms with Gasteiger partial charge in [-0.3, -0.25) is 9.36 Å². The maximum atomic E-state index is 13.2. The van der Waals surface area contributed by atoms with Crippen LogP contribution < -0.4 is 10.1 Å². The summed E-state index contributed by atoms with van der Waals surface area (Å²) in [6.45, 7) is 10.3. The highest BCUT2D eigenvalue weighted by Crippen LogP contribution is 2.23. The van der Waals surface area contributed by atoms with Crippen molar-refractivity contribution < 1.29 is 13.9 Å². The number of hydrogen-bond donors (Lipinski definition) is 1. The van der Waals surface area contributed by atoms with Crippen molar-refractivity contribution in [2.24, 2.45) is 0 Å². The minimum Gasteiger partial charge on any atom is -0.485 e. The van der Waals surface area contributed by atoms with Crippen molar-refractivity contribution in [2.75, 3.05) is 11.1 Å². The van der Waals surface area contributed by atoms with E-state index in [2.05, 4.69) is 22.1 Å². The number of carbonyl (C=O) groups excluding carboxylic acids is 1. The summed E-state index contributed by atoms with van der Waals surface area (Å²) in [5.74, 6) is 1.05. The molecule has 1 heterocycles. The second-order valence-corrected chi connectivity index (χ2v) is 8.09. The van der Waals surface area contributed by atoms with E-state index < -0.39 is 0 Å². The monoisotopic (exact) mass is 440 g/mol. The fourth-order valence-corrected chi connectivity index (χ4v) is 3.70.